The van der Waals surface area contributed by atoms with Gasteiger partial charge < -0.3 is 10.0 Å². The van der Waals surface area contributed by atoms with E-state index in [-0.39, 0.29) is 29.6 Å². The monoisotopic (exact) mass is 436 g/mol. The van der Waals surface area contributed by atoms with Gasteiger partial charge in [0.15, 0.2) is 15.0 Å². The van der Waals surface area contributed by atoms with Gasteiger partial charge in [0.2, 0.25) is 5.91 Å². The van der Waals surface area contributed by atoms with E-state index in [0.717, 1.165) is 0 Å². The lowest BCUT2D eigenvalue weighted by Gasteiger charge is -2.26. The topological polar surface area (TPSA) is 104 Å². The summed E-state index contributed by atoms with van der Waals surface area (Å²) in [5.74, 6) is -1.80. The van der Waals surface area contributed by atoms with Gasteiger partial charge in [0.1, 0.15) is 0 Å². The Morgan fingerprint density at radius 3 is 2.50 bits per heavy atom. The summed E-state index contributed by atoms with van der Waals surface area (Å²) in [6.07, 6.45) is -0.564. The average Bonchev–Trinajstić information content (AvgIpc) is 2.97. The predicted molar refractivity (Wildman–Crippen MR) is 102 cm³/mol. The summed E-state index contributed by atoms with van der Waals surface area (Å²) in [5.41, 5.74) is 0.401. The van der Waals surface area contributed by atoms with Gasteiger partial charge in [-0.05, 0) is 12.1 Å². The summed E-state index contributed by atoms with van der Waals surface area (Å²) in [6, 6.07) is 4.46. The highest BCUT2D eigenvalue weighted by atomic mass is 35.5. The predicted octanol–water partition coefficient (Wildman–Crippen LogP) is 2.46. The van der Waals surface area contributed by atoms with Gasteiger partial charge in [-0.1, -0.05) is 41.0 Å². The summed E-state index contributed by atoms with van der Waals surface area (Å²) >= 11 is 13.7. The number of amidine groups is 1. The second kappa shape index (κ2) is 7.38. The van der Waals surface area contributed by atoms with Crippen molar-refractivity contribution in [2.75, 3.05) is 16.4 Å². The molecule has 1 aromatic carbocycles. The number of hydrogen-bond acceptors (Lipinski definition) is 5. The van der Waals surface area contributed by atoms with Crippen molar-refractivity contribution in [1.82, 2.24) is 0 Å². The van der Waals surface area contributed by atoms with Crippen LogP contribution in [-0.2, 0) is 19.4 Å². The summed E-state index contributed by atoms with van der Waals surface area (Å²) in [7, 11) is -3.21. The van der Waals surface area contributed by atoms with Crippen LogP contribution in [0, 0.1) is 0 Å². The number of rotatable bonds is 4. The molecule has 2 unspecified atom stereocenters. The molecule has 0 radical (unpaired) electrons. The van der Waals surface area contributed by atoms with Crippen molar-refractivity contribution in [2.45, 2.75) is 24.1 Å². The molecule has 3 rings (SSSR count). The van der Waals surface area contributed by atoms with Gasteiger partial charge >= 0.3 is 5.97 Å². The number of carboxylic acids is 1. The molecule has 1 aromatic rings. The number of aliphatic imine (C=N–C) groups is 1. The van der Waals surface area contributed by atoms with E-state index >= 15 is 0 Å². The summed E-state index contributed by atoms with van der Waals surface area (Å²) in [6.45, 7) is 0. The van der Waals surface area contributed by atoms with Crippen molar-refractivity contribution in [3.05, 3.63) is 28.2 Å². The summed E-state index contributed by atoms with van der Waals surface area (Å²) in [4.78, 5) is 28.3. The molecule has 2 heterocycles. The first-order valence-corrected chi connectivity index (χ1v) is 11.1. The molecule has 2 aliphatic rings. The van der Waals surface area contributed by atoms with Crippen molar-refractivity contribution in [3.63, 3.8) is 0 Å². The lowest BCUT2D eigenvalue weighted by Crippen LogP contribution is -2.38. The molecule has 2 fully saturated rings. The number of benzene rings is 1. The van der Waals surface area contributed by atoms with Crippen LogP contribution < -0.4 is 4.90 Å². The van der Waals surface area contributed by atoms with E-state index in [0.29, 0.717) is 20.9 Å². The van der Waals surface area contributed by atoms with E-state index < -0.39 is 27.8 Å². The molecule has 26 heavy (non-hydrogen) atoms. The largest absolute Gasteiger partial charge is 0.481 e. The fraction of sp³-hybridized carbons (Fsp3) is 0.400. The van der Waals surface area contributed by atoms with Crippen LogP contribution in [0.5, 0.6) is 0 Å². The molecule has 0 spiro atoms. The third kappa shape index (κ3) is 4.00. The minimum absolute atomic E-state index is 0.0246. The van der Waals surface area contributed by atoms with Crippen LogP contribution in [0.3, 0.4) is 0 Å². The second-order valence-electron chi connectivity index (χ2n) is 5.92. The van der Waals surface area contributed by atoms with Crippen LogP contribution in [0.15, 0.2) is 23.2 Å². The maximum atomic E-state index is 12.0. The van der Waals surface area contributed by atoms with Gasteiger partial charge in [-0.3, -0.25) is 9.59 Å². The number of anilines is 1. The fourth-order valence-corrected chi connectivity index (χ4v) is 7.42. The molecular weight excluding hydrogens is 423 g/mol. The van der Waals surface area contributed by atoms with Gasteiger partial charge in [-0.2, -0.15) is 4.99 Å². The Balaban J connectivity index is 1.99. The lowest BCUT2D eigenvalue weighted by molar-refractivity contribution is -0.138. The Kier molecular flexibility index (Phi) is 5.53. The van der Waals surface area contributed by atoms with Crippen molar-refractivity contribution >= 4 is 67.5 Å². The van der Waals surface area contributed by atoms with Crippen LogP contribution in [-0.4, -0.2) is 53.4 Å². The smallest absolute Gasteiger partial charge is 0.303 e. The highest BCUT2D eigenvalue weighted by Gasteiger charge is 2.50. The standard InChI is InChI=1S/C15H14Cl2N2O5S2/c16-8-2-1-3-9(17)14(8)19-10-6-26(23,24)7-11(10)25-15(19)18-12(20)4-5-13(21)22/h1-3,10-11H,4-7H2,(H,21,22). The van der Waals surface area contributed by atoms with Crippen LogP contribution in [0.4, 0.5) is 5.69 Å². The number of para-hydroxylation sites is 1. The number of amides is 1. The molecule has 0 aliphatic carbocycles. The Hall–Kier alpha value is -1.29. The molecule has 2 saturated heterocycles. The number of thioether (sulfide) groups is 1. The molecular formula is C15H14Cl2N2O5S2. The van der Waals surface area contributed by atoms with E-state index in [4.69, 9.17) is 28.3 Å². The quantitative estimate of drug-likeness (QED) is 0.772. The van der Waals surface area contributed by atoms with Gasteiger partial charge in [0.05, 0.1) is 39.7 Å². The first-order valence-electron chi connectivity index (χ1n) is 7.61. The number of carbonyl (C=O) groups is 2. The zero-order valence-corrected chi connectivity index (χ0v) is 16.4. The number of hydrogen-bond donors (Lipinski definition) is 1. The molecule has 0 saturated carbocycles. The van der Waals surface area contributed by atoms with Crippen LogP contribution in [0.25, 0.3) is 0 Å². The lowest BCUT2D eigenvalue weighted by atomic mass is 10.2. The molecule has 1 amide bonds. The molecule has 1 N–H and O–H groups in total. The molecule has 7 nitrogen and oxygen atoms in total. The van der Waals surface area contributed by atoms with Crippen molar-refractivity contribution < 1.29 is 23.1 Å². The Bertz CT molecular complexity index is 883. The van der Waals surface area contributed by atoms with Crippen molar-refractivity contribution in [3.8, 4) is 0 Å². The number of nitrogens with zero attached hydrogens (tertiary/aromatic N) is 2. The van der Waals surface area contributed by atoms with Gasteiger partial charge in [-0.25, -0.2) is 8.42 Å². The highest BCUT2D eigenvalue weighted by molar-refractivity contribution is 8.16. The normalized spacial score (nSPS) is 25.5. The van der Waals surface area contributed by atoms with Crippen molar-refractivity contribution in [2.24, 2.45) is 4.99 Å². The minimum Gasteiger partial charge on any atom is -0.481 e. The second-order valence-corrected chi connectivity index (χ2v) is 10.1. The fourth-order valence-electron chi connectivity index (χ4n) is 2.92. The van der Waals surface area contributed by atoms with E-state index in [9.17, 15) is 18.0 Å². The first-order chi connectivity index (χ1) is 12.2. The highest BCUT2D eigenvalue weighted by Crippen LogP contribution is 2.45. The summed E-state index contributed by atoms with van der Waals surface area (Å²) < 4.78 is 24.0. The van der Waals surface area contributed by atoms with Gasteiger partial charge in [-0.15, -0.1) is 0 Å². The Labute approximate surface area is 164 Å². The van der Waals surface area contributed by atoms with Crippen molar-refractivity contribution in [1.29, 1.82) is 0 Å². The maximum Gasteiger partial charge on any atom is 0.303 e. The maximum absolute atomic E-state index is 12.0. The average molecular weight is 437 g/mol. The van der Waals surface area contributed by atoms with E-state index in [1.807, 2.05) is 0 Å². The number of fused-ring (bicyclic) bond motifs is 1. The molecule has 140 valence electrons. The van der Waals surface area contributed by atoms with E-state index in [1.54, 1.807) is 23.1 Å². The Morgan fingerprint density at radius 2 is 1.88 bits per heavy atom. The molecule has 0 aromatic heterocycles. The van der Waals surface area contributed by atoms with E-state index in [2.05, 4.69) is 4.99 Å². The number of carbonyl (C=O) groups excluding carboxylic acids is 1. The van der Waals surface area contributed by atoms with Crippen LogP contribution >= 0.6 is 35.0 Å². The third-order valence-electron chi connectivity index (χ3n) is 4.02. The first kappa shape index (κ1) is 19.5. The zero-order valence-electron chi connectivity index (χ0n) is 13.3. The molecule has 0 bridgehead atoms. The molecule has 2 aliphatic heterocycles. The van der Waals surface area contributed by atoms with E-state index in [1.165, 1.54) is 11.8 Å². The summed E-state index contributed by atoms with van der Waals surface area (Å²) in [5, 5.41) is 9.32. The van der Waals surface area contributed by atoms with Gasteiger partial charge in [0.25, 0.3) is 0 Å². The molecule has 2 atom stereocenters. The number of aliphatic carboxylic acids is 1. The number of sulfone groups is 1. The van der Waals surface area contributed by atoms with Gasteiger partial charge in [0, 0.05) is 11.7 Å². The van der Waals surface area contributed by atoms with Crippen LogP contribution in [0.2, 0.25) is 10.0 Å². The molecule has 11 heteroatoms. The zero-order chi connectivity index (χ0) is 19.1. The van der Waals surface area contributed by atoms with Crippen LogP contribution in [0.1, 0.15) is 12.8 Å². The number of halogens is 2. The Morgan fingerprint density at radius 1 is 1.23 bits per heavy atom. The number of carboxylic acid groups (broad SMARTS) is 1. The SMILES string of the molecule is O=C(O)CCC(=O)N=C1SC2CS(=O)(=O)CC2N1c1c(Cl)cccc1Cl. The minimum atomic E-state index is -3.21. The third-order valence-corrected chi connectivity index (χ3v) is 7.84.